The van der Waals surface area contributed by atoms with Crippen molar-refractivity contribution in [2.75, 3.05) is 0 Å². The molecule has 0 radical (unpaired) electrons. The van der Waals surface area contributed by atoms with E-state index < -0.39 is 5.97 Å². The van der Waals surface area contributed by atoms with Gasteiger partial charge in [0.05, 0.1) is 6.10 Å². The topological polar surface area (TPSA) is 57.5 Å². The smallest absolute Gasteiger partial charge is 0.303 e. The van der Waals surface area contributed by atoms with Crippen molar-refractivity contribution in [3.8, 4) is 0 Å². The van der Waals surface area contributed by atoms with Crippen molar-refractivity contribution in [3.63, 3.8) is 0 Å². The SMILES string of the molecule is CCCCCC[C@H](O)CCCCCCCCC(=O)O. The first-order valence-corrected chi connectivity index (χ1v) is 8.06. The molecule has 1 atom stereocenters. The number of carboxylic acids is 1. The first-order valence-electron chi connectivity index (χ1n) is 8.06. The summed E-state index contributed by atoms with van der Waals surface area (Å²) in [6.07, 6.45) is 13.4. The molecule has 0 aromatic heterocycles. The van der Waals surface area contributed by atoms with Crippen LogP contribution in [-0.2, 0) is 4.79 Å². The van der Waals surface area contributed by atoms with Crippen LogP contribution in [0.4, 0.5) is 0 Å². The Morgan fingerprint density at radius 1 is 0.842 bits per heavy atom. The number of aliphatic hydroxyl groups excluding tert-OH is 1. The van der Waals surface area contributed by atoms with Gasteiger partial charge in [-0.1, -0.05) is 64.7 Å². The Kier molecular flexibility index (Phi) is 13.4. The van der Waals surface area contributed by atoms with E-state index in [0.29, 0.717) is 6.42 Å². The molecule has 0 aliphatic rings. The molecular formula is C16H32O3. The number of aliphatic carboxylic acids is 1. The second-order valence-electron chi connectivity index (χ2n) is 5.56. The third kappa shape index (κ3) is 15.4. The predicted octanol–water partition coefficient (Wildman–Crippen LogP) is 4.52. The highest BCUT2D eigenvalue weighted by Gasteiger charge is 2.03. The molecule has 0 saturated carbocycles. The molecule has 3 nitrogen and oxygen atoms in total. The molecule has 0 heterocycles. The molecule has 0 saturated heterocycles. The van der Waals surface area contributed by atoms with E-state index in [-0.39, 0.29) is 6.10 Å². The Hall–Kier alpha value is -0.570. The van der Waals surface area contributed by atoms with Gasteiger partial charge in [0.15, 0.2) is 0 Å². The van der Waals surface area contributed by atoms with Crippen LogP contribution in [0.5, 0.6) is 0 Å². The number of unbranched alkanes of at least 4 members (excludes halogenated alkanes) is 8. The number of rotatable bonds is 14. The second kappa shape index (κ2) is 13.9. The third-order valence-corrected chi connectivity index (χ3v) is 3.57. The molecule has 0 aromatic rings. The lowest BCUT2D eigenvalue weighted by Crippen LogP contribution is -2.05. The summed E-state index contributed by atoms with van der Waals surface area (Å²) >= 11 is 0. The summed E-state index contributed by atoms with van der Waals surface area (Å²) in [6, 6.07) is 0. The summed E-state index contributed by atoms with van der Waals surface area (Å²) in [5.74, 6) is -0.689. The van der Waals surface area contributed by atoms with Gasteiger partial charge in [-0.05, 0) is 19.3 Å². The Morgan fingerprint density at radius 3 is 1.84 bits per heavy atom. The van der Waals surface area contributed by atoms with Gasteiger partial charge in [-0.2, -0.15) is 0 Å². The maximum absolute atomic E-state index is 10.3. The van der Waals surface area contributed by atoms with E-state index >= 15 is 0 Å². The van der Waals surface area contributed by atoms with Crippen LogP contribution in [0.2, 0.25) is 0 Å². The van der Waals surface area contributed by atoms with Crippen molar-refractivity contribution in [2.24, 2.45) is 0 Å². The molecule has 19 heavy (non-hydrogen) atoms. The average molecular weight is 272 g/mol. The van der Waals surface area contributed by atoms with Crippen molar-refractivity contribution < 1.29 is 15.0 Å². The summed E-state index contributed by atoms with van der Waals surface area (Å²) in [4.78, 5) is 10.3. The van der Waals surface area contributed by atoms with Gasteiger partial charge in [0.25, 0.3) is 0 Å². The van der Waals surface area contributed by atoms with Crippen molar-refractivity contribution in [1.29, 1.82) is 0 Å². The van der Waals surface area contributed by atoms with Crippen molar-refractivity contribution in [2.45, 2.75) is 96.5 Å². The third-order valence-electron chi connectivity index (χ3n) is 3.57. The largest absolute Gasteiger partial charge is 0.481 e. The van der Waals surface area contributed by atoms with E-state index in [1.54, 1.807) is 0 Å². The van der Waals surface area contributed by atoms with E-state index in [2.05, 4.69) is 6.92 Å². The number of aliphatic hydroxyl groups is 1. The quantitative estimate of drug-likeness (QED) is 0.457. The molecule has 0 aliphatic heterocycles. The number of carboxylic acid groups (broad SMARTS) is 1. The minimum Gasteiger partial charge on any atom is -0.481 e. The van der Waals surface area contributed by atoms with E-state index in [0.717, 1.165) is 44.9 Å². The molecule has 0 aliphatic carbocycles. The van der Waals surface area contributed by atoms with Crippen LogP contribution in [0.1, 0.15) is 90.4 Å². The lowest BCUT2D eigenvalue weighted by atomic mass is 10.0. The van der Waals surface area contributed by atoms with E-state index in [9.17, 15) is 9.90 Å². The van der Waals surface area contributed by atoms with Gasteiger partial charge in [-0.3, -0.25) is 4.79 Å². The van der Waals surface area contributed by atoms with Crippen molar-refractivity contribution in [1.82, 2.24) is 0 Å². The maximum atomic E-state index is 10.3. The van der Waals surface area contributed by atoms with Gasteiger partial charge >= 0.3 is 5.97 Å². The van der Waals surface area contributed by atoms with Gasteiger partial charge < -0.3 is 10.2 Å². The van der Waals surface area contributed by atoms with Crippen LogP contribution in [0.15, 0.2) is 0 Å². The summed E-state index contributed by atoms with van der Waals surface area (Å²) in [5, 5.41) is 18.3. The lowest BCUT2D eigenvalue weighted by Gasteiger charge is -2.09. The van der Waals surface area contributed by atoms with Crippen LogP contribution in [0.25, 0.3) is 0 Å². The van der Waals surface area contributed by atoms with Crippen LogP contribution in [0.3, 0.4) is 0 Å². The predicted molar refractivity (Wildman–Crippen MR) is 79.3 cm³/mol. The Balaban J connectivity index is 3.14. The summed E-state index contributed by atoms with van der Waals surface area (Å²) in [6.45, 7) is 2.20. The fraction of sp³-hybridized carbons (Fsp3) is 0.938. The molecular weight excluding hydrogens is 240 g/mol. The normalized spacial score (nSPS) is 12.5. The fourth-order valence-corrected chi connectivity index (χ4v) is 2.31. The number of hydrogen-bond donors (Lipinski definition) is 2. The second-order valence-corrected chi connectivity index (χ2v) is 5.56. The first kappa shape index (κ1) is 18.4. The van der Waals surface area contributed by atoms with Crippen molar-refractivity contribution >= 4 is 5.97 Å². The highest BCUT2D eigenvalue weighted by atomic mass is 16.4. The Bertz CT molecular complexity index is 204. The summed E-state index contributed by atoms with van der Waals surface area (Å²) in [5.41, 5.74) is 0. The zero-order valence-electron chi connectivity index (χ0n) is 12.6. The molecule has 0 aromatic carbocycles. The molecule has 0 spiro atoms. The molecule has 2 N–H and O–H groups in total. The number of carbonyl (C=O) groups is 1. The zero-order chi connectivity index (χ0) is 14.3. The molecule has 0 rings (SSSR count). The van der Waals surface area contributed by atoms with E-state index in [4.69, 9.17) is 5.11 Å². The summed E-state index contributed by atoms with van der Waals surface area (Å²) in [7, 11) is 0. The molecule has 114 valence electrons. The molecule has 0 fully saturated rings. The van der Waals surface area contributed by atoms with Gasteiger partial charge in [0, 0.05) is 6.42 Å². The zero-order valence-corrected chi connectivity index (χ0v) is 12.6. The number of hydrogen-bond acceptors (Lipinski definition) is 2. The van der Waals surface area contributed by atoms with Gasteiger partial charge in [0.1, 0.15) is 0 Å². The Labute approximate surface area is 118 Å². The molecule has 0 amide bonds. The molecule has 0 bridgehead atoms. The van der Waals surface area contributed by atoms with Crippen LogP contribution >= 0.6 is 0 Å². The van der Waals surface area contributed by atoms with Crippen molar-refractivity contribution in [3.05, 3.63) is 0 Å². The standard InChI is InChI=1S/C16H32O3/c1-2-3-4-9-12-15(17)13-10-7-5-6-8-11-14-16(18)19/h15,17H,2-14H2,1H3,(H,18,19)/t15-/m0/s1. The van der Waals surface area contributed by atoms with E-state index in [1.807, 2.05) is 0 Å². The summed E-state index contributed by atoms with van der Waals surface area (Å²) < 4.78 is 0. The minimum absolute atomic E-state index is 0.108. The lowest BCUT2D eigenvalue weighted by molar-refractivity contribution is -0.137. The first-order chi connectivity index (χ1) is 9.16. The molecule has 3 heteroatoms. The highest BCUT2D eigenvalue weighted by molar-refractivity contribution is 5.66. The average Bonchev–Trinajstić information content (AvgIpc) is 2.37. The van der Waals surface area contributed by atoms with Crippen LogP contribution < -0.4 is 0 Å². The highest BCUT2D eigenvalue weighted by Crippen LogP contribution is 2.13. The minimum atomic E-state index is -0.689. The van der Waals surface area contributed by atoms with Gasteiger partial charge in [-0.25, -0.2) is 0 Å². The van der Waals surface area contributed by atoms with E-state index in [1.165, 1.54) is 32.1 Å². The van der Waals surface area contributed by atoms with Crippen LogP contribution in [-0.4, -0.2) is 22.3 Å². The van der Waals surface area contributed by atoms with Crippen LogP contribution in [0, 0.1) is 0 Å². The maximum Gasteiger partial charge on any atom is 0.303 e. The van der Waals surface area contributed by atoms with Gasteiger partial charge in [-0.15, -0.1) is 0 Å². The monoisotopic (exact) mass is 272 g/mol. The van der Waals surface area contributed by atoms with Gasteiger partial charge in [0.2, 0.25) is 0 Å². The Morgan fingerprint density at radius 2 is 1.32 bits per heavy atom. The molecule has 0 unspecified atom stereocenters. The fourth-order valence-electron chi connectivity index (χ4n) is 2.31.